The summed E-state index contributed by atoms with van der Waals surface area (Å²) in [5, 5.41) is 2.84. The van der Waals surface area contributed by atoms with Crippen LogP contribution in [0.25, 0.3) is 0 Å². The summed E-state index contributed by atoms with van der Waals surface area (Å²) in [5.41, 5.74) is 5.77. The molecule has 0 aliphatic rings. The van der Waals surface area contributed by atoms with Crippen molar-refractivity contribution in [2.75, 3.05) is 12.3 Å². The normalized spacial score (nSPS) is 10.4. The number of aromatic nitrogens is 2. The highest BCUT2D eigenvalue weighted by molar-refractivity contribution is 5.92. The summed E-state index contributed by atoms with van der Waals surface area (Å²) >= 11 is 0. The molecule has 0 spiro atoms. The minimum Gasteiger partial charge on any atom is -0.382 e. The summed E-state index contributed by atoms with van der Waals surface area (Å²) in [5.74, 6) is 0.0671. The Bertz CT molecular complexity index is 395. The van der Waals surface area contributed by atoms with Gasteiger partial charge in [-0.05, 0) is 6.42 Å². The predicted molar refractivity (Wildman–Crippen MR) is 81.4 cm³/mol. The molecular formula is C15H26N4O. The summed E-state index contributed by atoms with van der Waals surface area (Å²) in [4.78, 5) is 19.5. The second kappa shape index (κ2) is 10.2. The summed E-state index contributed by atoms with van der Waals surface area (Å²) in [6.45, 7) is 2.91. The van der Waals surface area contributed by atoms with Crippen molar-refractivity contribution >= 4 is 11.7 Å². The number of nitrogen functional groups attached to an aromatic ring is 1. The summed E-state index contributed by atoms with van der Waals surface area (Å²) in [6, 6.07) is 0. The minimum atomic E-state index is -0.201. The first-order valence-electron chi connectivity index (χ1n) is 7.59. The fourth-order valence-corrected chi connectivity index (χ4v) is 2.04. The van der Waals surface area contributed by atoms with Crippen LogP contribution in [0.15, 0.2) is 12.4 Å². The lowest BCUT2D eigenvalue weighted by Gasteiger charge is -2.05. The quantitative estimate of drug-likeness (QED) is 0.645. The first kappa shape index (κ1) is 16.4. The van der Waals surface area contributed by atoms with Gasteiger partial charge in [-0.25, -0.2) is 4.98 Å². The van der Waals surface area contributed by atoms with E-state index in [2.05, 4.69) is 22.2 Å². The molecule has 5 nitrogen and oxygen atoms in total. The smallest absolute Gasteiger partial charge is 0.271 e. The van der Waals surface area contributed by atoms with Crippen LogP contribution in [0.5, 0.6) is 0 Å². The fourth-order valence-electron chi connectivity index (χ4n) is 2.04. The monoisotopic (exact) mass is 278 g/mol. The van der Waals surface area contributed by atoms with Crippen LogP contribution in [0.1, 0.15) is 68.8 Å². The van der Waals surface area contributed by atoms with Crippen LogP contribution >= 0.6 is 0 Å². The fraction of sp³-hybridized carbons (Fsp3) is 0.667. The van der Waals surface area contributed by atoms with Gasteiger partial charge >= 0.3 is 0 Å². The average molecular weight is 278 g/mol. The Hall–Kier alpha value is -1.65. The molecule has 0 fully saturated rings. The van der Waals surface area contributed by atoms with E-state index in [9.17, 15) is 4.79 Å². The highest BCUT2D eigenvalue weighted by Gasteiger charge is 2.06. The number of carbonyl (C=O) groups is 1. The van der Waals surface area contributed by atoms with Gasteiger partial charge in [0.25, 0.3) is 5.91 Å². The SMILES string of the molecule is CCCCCCCCCCNC(=O)c1cncc(N)n1. The first-order chi connectivity index (χ1) is 9.74. The number of unbranched alkanes of at least 4 members (excludes halogenated alkanes) is 7. The van der Waals surface area contributed by atoms with E-state index >= 15 is 0 Å². The molecule has 0 bridgehead atoms. The van der Waals surface area contributed by atoms with Gasteiger partial charge in [-0.2, -0.15) is 0 Å². The number of nitrogens with two attached hydrogens (primary N) is 1. The summed E-state index contributed by atoms with van der Waals surface area (Å²) in [7, 11) is 0. The Labute approximate surface area is 121 Å². The molecule has 5 heteroatoms. The lowest BCUT2D eigenvalue weighted by atomic mass is 10.1. The first-order valence-corrected chi connectivity index (χ1v) is 7.59. The highest BCUT2D eigenvalue weighted by atomic mass is 16.1. The van der Waals surface area contributed by atoms with E-state index < -0.39 is 0 Å². The van der Waals surface area contributed by atoms with Crippen molar-refractivity contribution in [1.29, 1.82) is 0 Å². The van der Waals surface area contributed by atoms with Gasteiger partial charge in [0.2, 0.25) is 0 Å². The lowest BCUT2D eigenvalue weighted by molar-refractivity contribution is 0.0947. The van der Waals surface area contributed by atoms with Crippen LogP contribution in [0.2, 0.25) is 0 Å². The minimum absolute atomic E-state index is 0.201. The van der Waals surface area contributed by atoms with E-state index in [1.54, 1.807) is 0 Å². The predicted octanol–water partition coefficient (Wildman–Crippen LogP) is 2.93. The number of rotatable bonds is 10. The number of hydrogen-bond donors (Lipinski definition) is 2. The lowest BCUT2D eigenvalue weighted by Crippen LogP contribution is -2.25. The molecule has 0 radical (unpaired) electrons. The molecule has 3 N–H and O–H groups in total. The standard InChI is InChI=1S/C15H26N4O/c1-2-3-4-5-6-7-8-9-10-18-15(20)13-11-17-12-14(16)19-13/h11-12H,2-10H2,1H3,(H2,16,19)(H,18,20). The molecule has 0 saturated heterocycles. The van der Waals surface area contributed by atoms with Crippen molar-refractivity contribution in [2.24, 2.45) is 0 Å². The van der Waals surface area contributed by atoms with Gasteiger partial charge in [0.05, 0.1) is 12.4 Å². The van der Waals surface area contributed by atoms with Crippen molar-refractivity contribution in [1.82, 2.24) is 15.3 Å². The second-order valence-corrected chi connectivity index (χ2v) is 5.06. The zero-order valence-corrected chi connectivity index (χ0v) is 12.4. The molecule has 0 aliphatic carbocycles. The molecule has 1 aromatic rings. The molecular weight excluding hydrogens is 252 g/mol. The molecule has 0 aromatic carbocycles. The molecule has 20 heavy (non-hydrogen) atoms. The molecule has 1 rings (SSSR count). The van der Waals surface area contributed by atoms with E-state index in [1.165, 1.54) is 50.9 Å². The van der Waals surface area contributed by atoms with Crippen LogP contribution < -0.4 is 11.1 Å². The third kappa shape index (κ3) is 7.07. The van der Waals surface area contributed by atoms with Gasteiger partial charge in [-0.15, -0.1) is 0 Å². The third-order valence-corrected chi connectivity index (χ3v) is 3.20. The van der Waals surface area contributed by atoms with Crippen molar-refractivity contribution in [3.63, 3.8) is 0 Å². The van der Waals surface area contributed by atoms with Crippen LogP contribution in [0, 0.1) is 0 Å². The Morgan fingerprint density at radius 3 is 2.40 bits per heavy atom. The third-order valence-electron chi connectivity index (χ3n) is 3.20. The van der Waals surface area contributed by atoms with Crippen LogP contribution in [-0.2, 0) is 0 Å². The zero-order valence-electron chi connectivity index (χ0n) is 12.4. The van der Waals surface area contributed by atoms with Gasteiger partial charge in [0.1, 0.15) is 11.5 Å². The Morgan fingerprint density at radius 2 is 1.75 bits per heavy atom. The number of hydrogen-bond acceptors (Lipinski definition) is 4. The molecule has 0 unspecified atom stereocenters. The Morgan fingerprint density at radius 1 is 1.10 bits per heavy atom. The number of carbonyl (C=O) groups excluding carboxylic acids is 1. The molecule has 1 aromatic heterocycles. The molecule has 0 atom stereocenters. The maximum atomic E-state index is 11.7. The topological polar surface area (TPSA) is 80.9 Å². The maximum absolute atomic E-state index is 11.7. The van der Waals surface area contributed by atoms with Crippen molar-refractivity contribution < 1.29 is 4.79 Å². The van der Waals surface area contributed by atoms with Crippen molar-refractivity contribution in [3.8, 4) is 0 Å². The largest absolute Gasteiger partial charge is 0.382 e. The second-order valence-electron chi connectivity index (χ2n) is 5.06. The zero-order chi connectivity index (χ0) is 14.6. The van der Waals surface area contributed by atoms with Crippen LogP contribution in [0.4, 0.5) is 5.82 Å². The van der Waals surface area contributed by atoms with E-state index in [4.69, 9.17) is 5.73 Å². The van der Waals surface area contributed by atoms with Crippen LogP contribution in [0.3, 0.4) is 0 Å². The average Bonchev–Trinajstić information content (AvgIpc) is 2.45. The van der Waals surface area contributed by atoms with Gasteiger partial charge in [-0.3, -0.25) is 9.78 Å². The highest BCUT2D eigenvalue weighted by Crippen LogP contribution is 2.08. The van der Waals surface area contributed by atoms with Gasteiger partial charge in [-0.1, -0.05) is 51.9 Å². The molecule has 0 aliphatic heterocycles. The Kier molecular flexibility index (Phi) is 8.35. The number of nitrogens with one attached hydrogen (secondary N) is 1. The van der Waals surface area contributed by atoms with Gasteiger partial charge in [0, 0.05) is 6.54 Å². The van der Waals surface area contributed by atoms with E-state index in [1.807, 2.05) is 0 Å². The van der Waals surface area contributed by atoms with Crippen molar-refractivity contribution in [3.05, 3.63) is 18.1 Å². The Balaban J connectivity index is 2.02. The number of nitrogens with zero attached hydrogens (tertiary/aromatic N) is 2. The van der Waals surface area contributed by atoms with Gasteiger partial charge in [0.15, 0.2) is 0 Å². The summed E-state index contributed by atoms with van der Waals surface area (Å²) < 4.78 is 0. The maximum Gasteiger partial charge on any atom is 0.271 e. The molecule has 112 valence electrons. The van der Waals surface area contributed by atoms with Crippen LogP contribution in [-0.4, -0.2) is 22.4 Å². The molecule has 1 amide bonds. The number of amides is 1. The van der Waals surface area contributed by atoms with E-state index in [0.29, 0.717) is 6.54 Å². The van der Waals surface area contributed by atoms with Gasteiger partial charge < -0.3 is 11.1 Å². The summed E-state index contributed by atoms with van der Waals surface area (Å²) in [6.07, 6.45) is 12.9. The molecule has 1 heterocycles. The number of anilines is 1. The van der Waals surface area contributed by atoms with E-state index in [0.717, 1.165) is 12.8 Å². The molecule has 0 saturated carbocycles. The van der Waals surface area contributed by atoms with Crippen molar-refractivity contribution in [2.45, 2.75) is 58.3 Å². The van der Waals surface area contributed by atoms with E-state index in [-0.39, 0.29) is 17.4 Å².